The molecule has 1 aromatic heterocycles. The molecule has 164 valence electrons. The van der Waals surface area contributed by atoms with Crippen molar-refractivity contribution in [2.75, 3.05) is 23.9 Å². The standard InChI is InChI=1S/C20H16ClN5O5S/c1-31-16-7-2-11(8-15(16)26(29)30)18(28)22-20-24-23-19(32-20)12-9-17(27)25(10-12)14-5-3-13(21)4-6-14/h2-8,12H,9-10H2,1H3,(H,22,24,28). The SMILES string of the molecule is COc1ccc(C(=O)Nc2nnc(C3CC(=O)N(c4ccc(Cl)cc4)C3)s2)cc1[N+](=O)[O-]. The molecule has 0 bridgehead atoms. The first-order valence-corrected chi connectivity index (χ1v) is 10.6. The number of ether oxygens (including phenoxy) is 1. The lowest BCUT2D eigenvalue weighted by Crippen LogP contribution is -2.24. The Labute approximate surface area is 190 Å². The molecule has 0 radical (unpaired) electrons. The number of hydrogen-bond donors (Lipinski definition) is 1. The number of nitrogens with one attached hydrogen (secondary N) is 1. The fourth-order valence-corrected chi connectivity index (χ4v) is 4.29. The maximum atomic E-state index is 12.5. The quantitative estimate of drug-likeness (QED) is 0.425. The van der Waals surface area contributed by atoms with Crippen LogP contribution in [0.3, 0.4) is 0 Å². The molecule has 2 aromatic carbocycles. The summed E-state index contributed by atoms with van der Waals surface area (Å²) in [6.45, 7) is 0.438. The van der Waals surface area contributed by atoms with Gasteiger partial charge < -0.3 is 9.64 Å². The number of carbonyl (C=O) groups excluding carboxylic acids is 2. The molecule has 2 amide bonds. The summed E-state index contributed by atoms with van der Waals surface area (Å²) in [7, 11) is 1.31. The molecule has 32 heavy (non-hydrogen) atoms. The number of nitrogens with zero attached hydrogens (tertiary/aromatic N) is 4. The molecule has 0 aliphatic carbocycles. The van der Waals surface area contributed by atoms with Crippen LogP contribution in [-0.2, 0) is 4.79 Å². The number of nitro benzene ring substituents is 1. The largest absolute Gasteiger partial charge is 0.490 e. The highest BCUT2D eigenvalue weighted by Gasteiger charge is 2.34. The van der Waals surface area contributed by atoms with E-state index in [0.29, 0.717) is 16.6 Å². The van der Waals surface area contributed by atoms with Gasteiger partial charge in [-0.25, -0.2) is 0 Å². The van der Waals surface area contributed by atoms with Crippen LogP contribution in [0, 0.1) is 10.1 Å². The number of methoxy groups -OCH3 is 1. The van der Waals surface area contributed by atoms with Crippen molar-refractivity contribution in [1.29, 1.82) is 0 Å². The molecule has 4 rings (SSSR count). The normalized spacial score (nSPS) is 15.6. The fraction of sp³-hybridized carbons (Fsp3) is 0.200. The lowest BCUT2D eigenvalue weighted by molar-refractivity contribution is -0.385. The Morgan fingerprint density at radius 1 is 1.28 bits per heavy atom. The van der Waals surface area contributed by atoms with Gasteiger partial charge >= 0.3 is 5.69 Å². The summed E-state index contributed by atoms with van der Waals surface area (Å²) in [4.78, 5) is 37.2. The third-order valence-electron chi connectivity index (χ3n) is 4.91. The summed E-state index contributed by atoms with van der Waals surface area (Å²) < 4.78 is 4.94. The number of halogens is 1. The molecule has 3 aromatic rings. The van der Waals surface area contributed by atoms with Gasteiger partial charge in [-0.2, -0.15) is 0 Å². The molecule has 1 atom stereocenters. The van der Waals surface area contributed by atoms with Crippen molar-refractivity contribution < 1.29 is 19.2 Å². The van der Waals surface area contributed by atoms with E-state index in [1.54, 1.807) is 29.2 Å². The number of benzene rings is 2. The zero-order chi connectivity index (χ0) is 22.8. The van der Waals surface area contributed by atoms with E-state index >= 15 is 0 Å². The minimum absolute atomic E-state index is 0.0383. The Kier molecular flexibility index (Phi) is 6.01. The maximum Gasteiger partial charge on any atom is 0.311 e. The second-order valence-electron chi connectivity index (χ2n) is 6.93. The van der Waals surface area contributed by atoms with Gasteiger partial charge in [-0.05, 0) is 36.4 Å². The van der Waals surface area contributed by atoms with E-state index in [0.717, 1.165) is 23.1 Å². The van der Waals surface area contributed by atoms with Crippen LogP contribution in [0.25, 0.3) is 0 Å². The Morgan fingerprint density at radius 2 is 2.03 bits per heavy atom. The average molecular weight is 474 g/mol. The van der Waals surface area contributed by atoms with E-state index in [1.807, 2.05) is 0 Å². The fourth-order valence-electron chi connectivity index (χ4n) is 3.34. The van der Waals surface area contributed by atoms with Crippen LogP contribution in [0.5, 0.6) is 5.75 Å². The van der Waals surface area contributed by atoms with Gasteiger partial charge in [-0.3, -0.25) is 25.0 Å². The van der Waals surface area contributed by atoms with Gasteiger partial charge in [0.15, 0.2) is 5.75 Å². The van der Waals surface area contributed by atoms with Gasteiger partial charge in [-0.15, -0.1) is 10.2 Å². The molecule has 1 unspecified atom stereocenters. The zero-order valence-corrected chi connectivity index (χ0v) is 18.2. The molecule has 0 saturated carbocycles. The average Bonchev–Trinajstić information content (AvgIpc) is 3.40. The number of aromatic nitrogens is 2. The Morgan fingerprint density at radius 3 is 2.72 bits per heavy atom. The molecular formula is C20H16ClN5O5S. The summed E-state index contributed by atoms with van der Waals surface area (Å²) in [5.41, 5.74) is 0.519. The minimum Gasteiger partial charge on any atom is -0.490 e. The van der Waals surface area contributed by atoms with Crippen molar-refractivity contribution >= 4 is 51.3 Å². The minimum atomic E-state index is -0.623. The number of rotatable bonds is 6. The first kappa shape index (κ1) is 21.7. The van der Waals surface area contributed by atoms with Crippen LogP contribution in [-0.4, -0.2) is 40.6 Å². The first-order valence-electron chi connectivity index (χ1n) is 9.39. The molecule has 1 aliphatic rings. The summed E-state index contributed by atoms with van der Waals surface area (Å²) in [5.74, 6) is -0.711. The summed E-state index contributed by atoms with van der Waals surface area (Å²) in [5, 5.41) is 23.3. The lowest BCUT2D eigenvalue weighted by Gasteiger charge is -2.16. The maximum absolute atomic E-state index is 12.5. The van der Waals surface area contributed by atoms with Crippen molar-refractivity contribution in [3.8, 4) is 5.75 Å². The van der Waals surface area contributed by atoms with Gasteiger partial charge in [0.1, 0.15) is 5.01 Å². The van der Waals surface area contributed by atoms with Crippen LogP contribution in [0.2, 0.25) is 5.02 Å². The molecule has 2 heterocycles. The molecular weight excluding hydrogens is 458 g/mol. The van der Waals surface area contributed by atoms with Crippen molar-refractivity contribution in [1.82, 2.24) is 10.2 Å². The Hall–Kier alpha value is -3.57. The van der Waals surface area contributed by atoms with Crippen molar-refractivity contribution in [3.63, 3.8) is 0 Å². The van der Waals surface area contributed by atoms with E-state index in [1.165, 1.54) is 19.2 Å². The van der Waals surface area contributed by atoms with Gasteiger partial charge in [0.2, 0.25) is 11.0 Å². The molecule has 1 saturated heterocycles. The predicted octanol–water partition coefficient (Wildman–Crippen LogP) is 3.88. The van der Waals surface area contributed by atoms with E-state index in [2.05, 4.69) is 15.5 Å². The van der Waals surface area contributed by atoms with E-state index in [4.69, 9.17) is 16.3 Å². The monoisotopic (exact) mass is 473 g/mol. The summed E-state index contributed by atoms with van der Waals surface area (Å²) >= 11 is 7.07. The van der Waals surface area contributed by atoms with Crippen LogP contribution >= 0.6 is 22.9 Å². The molecule has 12 heteroatoms. The van der Waals surface area contributed by atoms with Crippen molar-refractivity contribution in [2.24, 2.45) is 0 Å². The highest BCUT2D eigenvalue weighted by molar-refractivity contribution is 7.15. The van der Waals surface area contributed by atoms with E-state index in [-0.39, 0.29) is 40.4 Å². The third kappa shape index (κ3) is 4.39. The smallest absolute Gasteiger partial charge is 0.311 e. The van der Waals surface area contributed by atoms with Crippen molar-refractivity contribution in [3.05, 3.63) is 68.2 Å². The van der Waals surface area contributed by atoms with Crippen LogP contribution < -0.4 is 15.0 Å². The van der Waals surface area contributed by atoms with E-state index < -0.39 is 10.8 Å². The Bertz CT molecular complexity index is 1200. The summed E-state index contributed by atoms with van der Waals surface area (Å²) in [6, 6.07) is 10.9. The lowest BCUT2D eigenvalue weighted by atomic mass is 10.1. The Balaban J connectivity index is 1.46. The number of hydrogen-bond acceptors (Lipinski definition) is 8. The summed E-state index contributed by atoms with van der Waals surface area (Å²) in [6.07, 6.45) is 0.274. The number of nitro groups is 1. The third-order valence-corrected chi connectivity index (χ3v) is 6.16. The van der Waals surface area contributed by atoms with Gasteiger partial charge in [0.25, 0.3) is 5.91 Å². The molecule has 1 aliphatic heterocycles. The second kappa shape index (κ2) is 8.89. The second-order valence-corrected chi connectivity index (χ2v) is 8.37. The van der Waals surface area contributed by atoms with Gasteiger partial charge in [-0.1, -0.05) is 22.9 Å². The van der Waals surface area contributed by atoms with Gasteiger partial charge in [0.05, 0.1) is 12.0 Å². The highest BCUT2D eigenvalue weighted by atomic mass is 35.5. The highest BCUT2D eigenvalue weighted by Crippen LogP contribution is 2.35. The van der Waals surface area contributed by atoms with Crippen molar-refractivity contribution in [2.45, 2.75) is 12.3 Å². The topological polar surface area (TPSA) is 128 Å². The molecule has 1 fully saturated rings. The zero-order valence-electron chi connectivity index (χ0n) is 16.6. The first-order chi connectivity index (χ1) is 15.4. The number of carbonyl (C=O) groups is 2. The number of amides is 2. The van der Waals surface area contributed by atoms with Crippen LogP contribution in [0.4, 0.5) is 16.5 Å². The number of anilines is 2. The van der Waals surface area contributed by atoms with Crippen LogP contribution in [0.1, 0.15) is 27.7 Å². The molecule has 10 nitrogen and oxygen atoms in total. The molecule has 1 N–H and O–H groups in total. The molecule has 0 spiro atoms. The van der Waals surface area contributed by atoms with Gasteiger partial charge in [0, 0.05) is 41.2 Å². The van der Waals surface area contributed by atoms with Crippen LogP contribution in [0.15, 0.2) is 42.5 Å². The van der Waals surface area contributed by atoms with E-state index in [9.17, 15) is 19.7 Å². The predicted molar refractivity (Wildman–Crippen MR) is 119 cm³/mol.